The van der Waals surface area contributed by atoms with Gasteiger partial charge in [0, 0.05) is 29.3 Å². The highest BCUT2D eigenvalue weighted by molar-refractivity contribution is 9.11. The fourth-order valence-electron chi connectivity index (χ4n) is 12.3. The van der Waals surface area contributed by atoms with E-state index in [1.807, 2.05) is 22.7 Å². The number of thiophene rings is 4. The fourth-order valence-corrected chi connectivity index (χ4v) is 35.1. The molecule has 364 valence electrons. The molecule has 0 amide bonds. The lowest BCUT2D eigenvalue weighted by Crippen LogP contribution is -2.56. The van der Waals surface area contributed by atoms with Crippen LogP contribution in [0.4, 0.5) is 8.78 Å². The molecule has 67 heavy (non-hydrogen) atoms. The van der Waals surface area contributed by atoms with Crippen LogP contribution >= 0.6 is 88.9 Å². The van der Waals surface area contributed by atoms with Crippen molar-refractivity contribution in [2.24, 2.45) is 23.7 Å². The van der Waals surface area contributed by atoms with Gasteiger partial charge in [0.2, 0.25) is 0 Å². The molecule has 0 aliphatic carbocycles. The van der Waals surface area contributed by atoms with Gasteiger partial charge in [0.25, 0.3) is 0 Å². The highest BCUT2D eigenvalue weighted by Crippen LogP contribution is 2.53. The van der Waals surface area contributed by atoms with Gasteiger partial charge in [-0.1, -0.05) is 158 Å². The molecule has 6 aromatic rings. The largest absolute Gasteiger partial charge is 0.203 e. The van der Waals surface area contributed by atoms with Crippen molar-refractivity contribution < 1.29 is 8.78 Å². The quantitative estimate of drug-likeness (QED) is 0.0506. The Kier molecular flexibility index (Phi) is 17.9. The first-order valence-electron chi connectivity index (χ1n) is 26.0. The summed E-state index contributed by atoms with van der Waals surface area (Å²) < 4.78 is 47.4. The molecule has 0 radical (unpaired) electrons. The molecule has 0 spiro atoms. The fraction of sp³-hybridized carbons (Fsp3) is 0.593. The molecule has 0 bridgehead atoms. The minimum Gasteiger partial charge on any atom is -0.203 e. The first kappa shape index (κ1) is 52.4. The van der Waals surface area contributed by atoms with Gasteiger partial charge < -0.3 is 0 Å². The van der Waals surface area contributed by atoms with Crippen LogP contribution in [0.3, 0.4) is 0 Å². The van der Waals surface area contributed by atoms with Gasteiger partial charge in [0.05, 0.1) is 30.4 Å². The Labute approximate surface area is 440 Å². The lowest BCUT2D eigenvalue weighted by Gasteiger charge is -2.35. The van der Waals surface area contributed by atoms with Crippen LogP contribution in [0, 0.1) is 35.3 Å². The Morgan fingerprint density at radius 1 is 0.463 bits per heavy atom. The topological polar surface area (TPSA) is 25.8 Å². The van der Waals surface area contributed by atoms with Gasteiger partial charge in [-0.05, 0) is 125 Å². The Morgan fingerprint density at radius 2 is 0.761 bits per heavy atom. The van der Waals surface area contributed by atoms with E-state index in [4.69, 9.17) is 8.75 Å². The molecule has 2 aliphatic heterocycles. The number of benzene rings is 1. The van der Waals surface area contributed by atoms with Gasteiger partial charge in [-0.25, -0.2) is 8.78 Å². The summed E-state index contributed by atoms with van der Waals surface area (Å²) in [5.74, 6) is 1.04. The van der Waals surface area contributed by atoms with E-state index >= 15 is 8.78 Å². The van der Waals surface area contributed by atoms with Gasteiger partial charge in [-0.3, -0.25) is 0 Å². The number of halogens is 4. The molecule has 2 nitrogen and oxygen atoms in total. The molecular formula is C54H72Br2F2N2S5Si2. The molecule has 13 heteroatoms. The molecular weight excluding hydrogens is 1090 g/mol. The van der Waals surface area contributed by atoms with Crippen LogP contribution < -0.4 is 20.7 Å². The average Bonchev–Trinajstić information content (AvgIpc) is 4.21. The van der Waals surface area contributed by atoms with Crippen LogP contribution in [-0.2, 0) is 0 Å². The number of nitrogens with zero attached hydrogens (tertiary/aromatic N) is 2. The molecule has 0 saturated heterocycles. The van der Waals surface area contributed by atoms with Crippen LogP contribution in [0.2, 0.25) is 24.2 Å². The van der Waals surface area contributed by atoms with Crippen molar-refractivity contribution in [2.45, 2.75) is 182 Å². The van der Waals surface area contributed by atoms with E-state index in [1.165, 1.54) is 164 Å². The molecule has 5 aromatic heterocycles. The van der Waals surface area contributed by atoms with E-state index in [1.54, 1.807) is 33.0 Å². The zero-order valence-corrected chi connectivity index (χ0v) is 50.5. The number of fused-ring (bicyclic) bond motifs is 7. The molecule has 4 atom stereocenters. The SMILES string of the molecule is CCCCC(CC)C[Si]1(CC(CC)CCCC)c2cc(Br)sc2-c2sc(-c3c(F)c(F)c(-c4cc5c(s4)-c4sc(Br)cc4[Si]5(CC(CC)CCCC)CC(CC)CCCC)c4nsnc34)cc21. The summed E-state index contributed by atoms with van der Waals surface area (Å²) >= 11 is 16.0. The molecule has 0 N–H and O–H groups in total. The molecule has 8 rings (SSSR count). The maximum absolute atomic E-state index is 17.7. The molecule has 4 unspecified atom stereocenters. The van der Waals surface area contributed by atoms with Crippen LogP contribution in [0.1, 0.15) is 158 Å². The predicted molar refractivity (Wildman–Crippen MR) is 308 cm³/mol. The van der Waals surface area contributed by atoms with E-state index in [2.05, 4.69) is 112 Å². The predicted octanol–water partition coefficient (Wildman–Crippen LogP) is 19.0. The van der Waals surface area contributed by atoms with Crippen molar-refractivity contribution in [1.82, 2.24) is 8.75 Å². The second kappa shape index (κ2) is 22.9. The van der Waals surface area contributed by atoms with Crippen LogP contribution in [0.15, 0.2) is 31.8 Å². The first-order chi connectivity index (χ1) is 32.4. The standard InChI is InChI=1S/C54H72Br2F2N2S5Si2/c1-9-17-21-33(13-5)29-66(30-34(14-6)22-18-10-2)39-25-37(61-51(39)53-41(66)27-43(55)63-53)45-47(57)48(58)46(50-49(45)59-65-60-50)38-26-40-52(62-38)54-42(28-44(56)64-54)67(40,31-35(15-7)23-19-11-3)32-36(16-8)24-20-12-4/h25-28,33-36H,9-24,29-32H2,1-8H3. The van der Waals surface area contributed by atoms with Gasteiger partial charge in [0.1, 0.15) is 27.2 Å². The molecule has 0 saturated carbocycles. The van der Waals surface area contributed by atoms with Gasteiger partial charge in [-0.2, -0.15) is 8.75 Å². The van der Waals surface area contributed by atoms with Gasteiger partial charge >= 0.3 is 0 Å². The maximum Gasteiger partial charge on any atom is 0.170 e. The molecule has 1 aromatic carbocycles. The van der Waals surface area contributed by atoms with Crippen molar-refractivity contribution in [3.05, 3.63) is 43.5 Å². The van der Waals surface area contributed by atoms with Gasteiger partial charge in [0.15, 0.2) is 11.6 Å². The van der Waals surface area contributed by atoms with Crippen LogP contribution in [-0.4, -0.2) is 24.9 Å². The first-order valence-corrected chi connectivity index (χ1v) is 36.4. The lowest BCUT2D eigenvalue weighted by molar-refractivity contribution is 0.469. The van der Waals surface area contributed by atoms with Gasteiger partial charge in [-0.15, -0.1) is 45.3 Å². The Balaban J connectivity index is 1.28. The zero-order chi connectivity index (χ0) is 47.6. The second-order valence-corrected chi connectivity index (χ2v) is 35.9. The zero-order valence-electron chi connectivity index (χ0n) is 41.2. The maximum atomic E-state index is 17.7. The second-order valence-electron chi connectivity index (χ2n) is 20.3. The van der Waals surface area contributed by atoms with Crippen molar-refractivity contribution in [1.29, 1.82) is 0 Å². The summed E-state index contributed by atoms with van der Waals surface area (Å²) in [7, 11) is -4.64. The normalized spacial score (nSPS) is 19.2. The van der Waals surface area contributed by atoms with E-state index in [0.29, 0.717) is 45.8 Å². The third-order valence-electron chi connectivity index (χ3n) is 16.2. The summed E-state index contributed by atoms with van der Waals surface area (Å²) in [6.07, 6.45) is 19.6. The number of hydrogen-bond donors (Lipinski definition) is 0. The highest BCUT2D eigenvalue weighted by Gasteiger charge is 2.52. The summed E-state index contributed by atoms with van der Waals surface area (Å²) in [4.78, 5) is 6.95. The number of rotatable bonds is 26. The van der Waals surface area contributed by atoms with E-state index in [0.717, 1.165) is 21.5 Å². The van der Waals surface area contributed by atoms with Crippen LogP contribution in [0.25, 0.3) is 51.4 Å². The van der Waals surface area contributed by atoms with Crippen molar-refractivity contribution >= 4 is 137 Å². The lowest BCUT2D eigenvalue weighted by atomic mass is 10.0. The molecule has 7 heterocycles. The summed E-state index contributed by atoms with van der Waals surface area (Å²) in [5, 5.41) is 6.10. The third-order valence-corrected chi connectivity index (χ3v) is 34.1. The monoisotopic (exact) mass is 1160 g/mol. The minimum absolute atomic E-state index is 0.307. The third kappa shape index (κ3) is 9.99. The summed E-state index contributed by atoms with van der Waals surface area (Å²) in [6, 6.07) is 14.5. The van der Waals surface area contributed by atoms with Crippen molar-refractivity contribution in [2.75, 3.05) is 0 Å². The Morgan fingerprint density at radius 3 is 1.06 bits per heavy atom. The molecule has 0 fully saturated rings. The van der Waals surface area contributed by atoms with E-state index < -0.39 is 27.8 Å². The van der Waals surface area contributed by atoms with Crippen molar-refractivity contribution in [3.8, 4) is 40.4 Å². The number of aromatic nitrogens is 2. The van der Waals surface area contributed by atoms with E-state index in [9.17, 15) is 0 Å². The minimum atomic E-state index is -2.32. The van der Waals surface area contributed by atoms with E-state index in [-0.39, 0.29) is 0 Å². The number of unbranched alkanes of at least 4 members (excludes halogenated alkanes) is 4. The number of hydrogen-bond acceptors (Lipinski definition) is 7. The Hall–Kier alpha value is -0.906. The van der Waals surface area contributed by atoms with Crippen molar-refractivity contribution in [3.63, 3.8) is 0 Å². The highest BCUT2D eigenvalue weighted by atomic mass is 79.9. The van der Waals surface area contributed by atoms with Crippen LogP contribution in [0.5, 0.6) is 0 Å². The smallest absolute Gasteiger partial charge is 0.170 e. The average molecular weight is 1160 g/mol. The summed E-state index contributed by atoms with van der Waals surface area (Å²) in [6.45, 7) is 18.8. The summed E-state index contributed by atoms with van der Waals surface area (Å²) in [5.41, 5.74) is 1.63. The molecule has 2 aliphatic rings. The Bertz CT molecular complexity index is 2410.